The van der Waals surface area contributed by atoms with Crippen LogP contribution in [0.5, 0.6) is 5.75 Å². The van der Waals surface area contributed by atoms with Crippen molar-refractivity contribution in [3.05, 3.63) is 40.1 Å². The number of hydrogen-bond donors (Lipinski definition) is 2. The van der Waals surface area contributed by atoms with E-state index in [4.69, 9.17) is 16.3 Å². The molecule has 1 aliphatic heterocycles. The second kappa shape index (κ2) is 8.57. The molecule has 0 aliphatic carbocycles. The van der Waals surface area contributed by atoms with Crippen molar-refractivity contribution in [1.29, 1.82) is 0 Å². The zero-order valence-corrected chi connectivity index (χ0v) is 16.7. The molecule has 2 rings (SSSR count). The van der Waals surface area contributed by atoms with E-state index in [-0.39, 0.29) is 17.6 Å². The first-order chi connectivity index (χ1) is 13.0. The van der Waals surface area contributed by atoms with Gasteiger partial charge in [0.25, 0.3) is 0 Å². The predicted molar refractivity (Wildman–Crippen MR) is 96.3 cm³/mol. The van der Waals surface area contributed by atoms with Gasteiger partial charge in [0.2, 0.25) is 17.5 Å². The molecule has 0 aromatic heterocycles. The summed E-state index contributed by atoms with van der Waals surface area (Å²) in [4.78, 5) is 12.4. The quantitative estimate of drug-likeness (QED) is 0.520. The minimum Gasteiger partial charge on any atom is -0.487 e. The van der Waals surface area contributed by atoms with Gasteiger partial charge in [-0.3, -0.25) is 4.79 Å². The van der Waals surface area contributed by atoms with Gasteiger partial charge in [0.05, 0.1) is 11.6 Å². The third-order valence-electron chi connectivity index (χ3n) is 4.32. The van der Waals surface area contributed by atoms with Crippen molar-refractivity contribution in [1.82, 2.24) is 15.8 Å². The number of nitrogens with zero attached hydrogens (tertiary/aromatic N) is 1. The highest BCUT2D eigenvalue weighted by atomic mass is 35.5. The van der Waals surface area contributed by atoms with E-state index in [2.05, 4.69) is 10.7 Å². The predicted octanol–water partition coefficient (Wildman–Crippen LogP) is 3.57. The van der Waals surface area contributed by atoms with Gasteiger partial charge >= 0.3 is 0 Å². The van der Waals surface area contributed by atoms with Gasteiger partial charge in [0.15, 0.2) is 17.4 Å². The van der Waals surface area contributed by atoms with Crippen molar-refractivity contribution in [3.8, 4) is 5.75 Å². The molecule has 0 radical (unpaired) electrons. The van der Waals surface area contributed by atoms with Gasteiger partial charge in [-0.2, -0.15) is 8.78 Å². The lowest BCUT2D eigenvalue weighted by molar-refractivity contribution is -0.126. The van der Waals surface area contributed by atoms with Crippen LogP contribution in [0.1, 0.15) is 32.8 Å². The number of rotatable bonds is 7. The maximum atomic E-state index is 14.3. The third kappa shape index (κ3) is 4.35. The Bertz CT molecular complexity index is 775. The normalized spacial score (nSPS) is 19.2. The number of benzene rings is 1. The molecule has 156 valence electrons. The number of ether oxygens (including phenoxy) is 1. The van der Waals surface area contributed by atoms with Gasteiger partial charge in [-0.25, -0.2) is 14.2 Å². The number of carbonyl (C=O) groups excluding carboxylic acids is 1. The Morgan fingerprint density at radius 3 is 2.29 bits per heavy atom. The largest absolute Gasteiger partial charge is 0.487 e. The van der Waals surface area contributed by atoms with Crippen LogP contribution >= 0.6 is 11.6 Å². The van der Waals surface area contributed by atoms with Gasteiger partial charge in [0.1, 0.15) is 5.54 Å². The summed E-state index contributed by atoms with van der Waals surface area (Å²) in [5, 5.41) is 3.81. The Kier molecular flexibility index (Phi) is 6.82. The topological polar surface area (TPSA) is 53.6 Å². The Morgan fingerprint density at radius 2 is 1.82 bits per heavy atom. The lowest BCUT2D eigenvalue weighted by Crippen LogP contribution is -2.55. The minimum atomic E-state index is -1.64. The molecular formula is C18H22ClF4N3O2. The van der Waals surface area contributed by atoms with Crippen molar-refractivity contribution >= 4 is 17.5 Å². The summed E-state index contributed by atoms with van der Waals surface area (Å²) in [6.07, 6.45) is 1.90. The van der Waals surface area contributed by atoms with Crippen molar-refractivity contribution < 1.29 is 27.1 Å². The van der Waals surface area contributed by atoms with E-state index in [1.54, 1.807) is 7.05 Å². The minimum absolute atomic E-state index is 0.0944. The fraction of sp³-hybridized carbons (Fsp3) is 0.500. The molecule has 28 heavy (non-hydrogen) atoms. The first kappa shape index (κ1) is 22.3. The summed E-state index contributed by atoms with van der Waals surface area (Å²) >= 11 is 6.01. The van der Waals surface area contributed by atoms with E-state index in [1.807, 2.05) is 13.8 Å². The van der Waals surface area contributed by atoms with E-state index in [9.17, 15) is 22.4 Å². The molecule has 1 aromatic carbocycles. The second-order valence-electron chi connectivity index (χ2n) is 7.10. The molecule has 1 heterocycles. The number of carbonyl (C=O) groups is 1. The van der Waals surface area contributed by atoms with Crippen LogP contribution in [0, 0.1) is 29.2 Å². The van der Waals surface area contributed by atoms with Crippen molar-refractivity contribution in [2.24, 2.45) is 5.92 Å². The smallest absolute Gasteiger partial charge is 0.247 e. The Labute approximate surface area is 165 Å². The number of amides is 1. The molecule has 0 spiro atoms. The maximum absolute atomic E-state index is 14.3. The Balaban J connectivity index is 2.18. The highest BCUT2D eigenvalue weighted by molar-refractivity contribution is 6.33. The van der Waals surface area contributed by atoms with Crippen LogP contribution < -0.4 is 15.5 Å². The second-order valence-corrected chi connectivity index (χ2v) is 7.51. The third-order valence-corrected chi connectivity index (χ3v) is 4.80. The molecule has 0 saturated heterocycles. The van der Waals surface area contributed by atoms with Crippen molar-refractivity contribution in [3.63, 3.8) is 0 Å². The molecule has 2 N–H and O–H groups in total. The van der Waals surface area contributed by atoms with E-state index >= 15 is 0 Å². The molecule has 5 nitrogen and oxygen atoms in total. The summed E-state index contributed by atoms with van der Waals surface area (Å²) in [6, 6.07) is 0. The lowest BCUT2D eigenvalue weighted by Gasteiger charge is -2.26. The Hall–Kier alpha value is -2.00. The molecule has 1 aliphatic rings. The summed E-state index contributed by atoms with van der Waals surface area (Å²) in [7, 11) is 1.60. The first-order valence-electron chi connectivity index (χ1n) is 8.63. The van der Waals surface area contributed by atoms with Gasteiger partial charge in [-0.05, 0) is 19.3 Å². The number of nitrogens with one attached hydrogen (secondary N) is 2. The van der Waals surface area contributed by atoms with Crippen LogP contribution in [0.15, 0.2) is 11.2 Å². The van der Waals surface area contributed by atoms with E-state index in [1.165, 1.54) is 18.1 Å². The van der Waals surface area contributed by atoms with Gasteiger partial charge < -0.3 is 15.1 Å². The van der Waals surface area contributed by atoms with Crippen LogP contribution in [0.4, 0.5) is 17.6 Å². The summed E-state index contributed by atoms with van der Waals surface area (Å²) in [6.45, 7) is 4.30. The molecule has 10 heteroatoms. The van der Waals surface area contributed by atoms with Crippen LogP contribution in [-0.2, 0) is 11.3 Å². The molecule has 1 amide bonds. The van der Waals surface area contributed by atoms with Gasteiger partial charge in [-0.1, -0.05) is 25.4 Å². The molecule has 0 fully saturated rings. The van der Waals surface area contributed by atoms with Crippen molar-refractivity contribution in [2.45, 2.75) is 39.3 Å². The zero-order chi connectivity index (χ0) is 21.2. The maximum Gasteiger partial charge on any atom is 0.247 e. The van der Waals surface area contributed by atoms with E-state index in [0.29, 0.717) is 6.42 Å². The molecule has 0 saturated carbocycles. The highest BCUT2D eigenvalue weighted by Gasteiger charge is 2.41. The summed E-state index contributed by atoms with van der Waals surface area (Å²) < 4.78 is 61.8. The number of hydrazine groups is 1. The first-order valence-corrected chi connectivity index (χ1v) is 9.01. The SMILES string of the molecule is CC(C)CCOc1c(F)c(F)c(CNC(=O)C2(C)NN(C)C=C2Cl)c(F)c1F. The fourth-order valence-electron chi connectivity index (χ4n) is 2.58. The Morgan fingerprint density at radius 1 is 1.25 bits per heavy atom. The summed E-state index contributed by atoms with van der Waals surface area (Å²) in [5.41, 5.74) is 0.426. The monoisotopic (exact) mass is 423 g/mol. The average Bonchev–Trinajstić information content (AvgIpc) is 2.88. The molecular weight excluding hydrogens is 402 g/mol. The van der Waals surface area contributed by atoms with Crippen LogP contribution in [0.2, 0.25) is 0 Å². The highest BCUT2D eigenvalue weighted by Crippen LogP contribution is 2.31. The van der Waals surface area contributed by atoms with Crippen molar-refractivity contribution in [2.75, 3.05) is 13.7 Å². The lowest BCUT2D eigenvalue weighted by atomic mass is 10.0. The number of halogens is 5. The van der Waals surface area contributed by atoms with E-state index in [0.717, 1.165) is 0 Å². The van der Waals surface area contributed by atoms with Crippen LogP contribution in [0.3, 0.4) is 0 Å². The number of hydrogen-bond acceptors (Lipinski definition) is 4. The van der Waals surface area contributed by atoms with Crippen LogP contribution in [-0.4, -0.2) is 30.1 Å². The fourth-order valence-corrected chi connectivity index (χ4v) is 2.85. The van der Waals surface area contributed by atoms with Gasteiger partial charge in [0, 0.05) is 25.4 Å². The van der Waals surface area contributed by atoms with Gasteiger partial charge in [-0.15, -0.1) is 0 Å². The molecule has 1 atom stereocenters. The standard InChI is InChI=1S/C18H22ClF4N3O2/c1-9(2)5-6-28-16-14(22)12(20)10(13(21)15(16)23)7-24-17(27)18(3)11(19)8-26(4)25-18/h8-9,25H,5-7H2,1-4H3,(H,24,27). The average molecular weight is 424 g/mol. The summed E-state index contributed by atoms with van der Waals surface area (Å²) in [5.74, 6) is -8.19. The van der Waals surface area contributed by atoms with E-state index < -0.39 is 52.6 Å². The molecule has 0 bridgehead atoms. The molecule has 1 aromatic rings. The molecule has 1 unspecified atom stereocenters. The van der Waals surface area contributed by atoms with Crippen LogP contribution in [0.25, 0.3) is 0 Å². The zero-order valence-electron chi connectivity index (χ0n) is 15.9.